The first-order chi connectivity index (χ1) is 19.6. The molecule has 1 atom stereocenters. The number of benzene rings is 2. The van der Waals surface area contributed by atoms with Gasteiger partial charge in [0.15, 0.2) is 11.4 Å². The maximum Gasteiger partial charge on any atom is 0.410 e. The van der Waals surface area contributed by atoms with Crippen molar-refractivity contribution in [3.8, 4) is 11.5 Å². The van der Waals surface area contributed by atoms with Crippen LogP contribution in [0.1, 0.15) is 59.4 Å². The van der Waals surface area contributed by atoms with Gasteiger partial charge in [-0.25, -0.2) is 14.2 Å². The van der Waals surface area contributed by atoms with Crippen LogP contribution in [0.5, 0.6) is 11.5 Å². The summed E-state index contributed by atoms with van der Waals surface area (Å²) in [5, 5.41) is 5.84. The van der Waals surface area contributed by atoms with Gasteiger partial charge in [-0.1, -0.05) is 41.7 Å². The third-order valence-corrected chi connectivity index (χ3v) is 7.61. The molecule has 0 radical (unpaired) electrons. The molecule has 2 N–H and O–H groups in total. The third kappa shape index (κ3) is 7.31. The Morgan fingerprint density at radius 2 is 1.88 bits per heavy atom. The Hall–Kier alpha value is -4.19. The molecule has 4 rings (SSSR count). The monoisotopic (exact) mass is 584 g/mol. The molecule has 1 aromatic heterocycles. The zero-order valence-electron chi connectivity index (χ0n) is 23.4. The van der Waals surface area contributed by atoms with E-state index in [1.165, 1.54) is 7.11 Å². The average Bonchev–Trinajstić information content (AvgIpc) is 3.62. The van der Waals surface area contributed by atoms with Gasteiger partial charge in [0.1, 0.15) is 28.1 Å². The number of likely N-dealkylation sites (tertiary alicyclic amines) is 1. The third-order valence-electron chi connectivity index (χ3n) is 6.54. The summed E-state index contributed by atoms with van der Waals surface area (Å²) in [6, 6.07) is 14.1. The van der Waals surface area contributed by atoms with Gasteiger partial charge in [-0.15, -0.1) is 0 Å². The summed E-state index contributed by atoms with van der Waals surface area (Å²) < 4.78 is 30.5. The van der Waals surface area contributed by atoms with E-state index >= 15 is 0 Å². The minimum absolute atomic E-state index is 0.0698. The summed E-state index contributed by atoms with van der Waals surface area (Å²) >= 11 is 1.04. The molecule has 218 valence electrons. The van der Waals surface area contributed by atoms with E-state index in [-0.39, 0.29) is 23.8 Å². The number of carbonyl (C=O) groups is 3. The number of thiazole rings is 1. The summed E-state index contributed by atoms with van der Waals surface area (Å²) in [5.74, 6) is -0.368. The molecule has 0 spiro atoms. The van der Waals surface area contributed by atoms with Crippen LogP contribution in [0.3, 0.4) is 0 Å². The molecule has 0 bridgehead atoms. The van der Waals surface area contributed by atoms with Crippen LogP contribution in [0, 0.1) is 0 Å². The van der Waals surface area contributed by atoms with Crippen molar-refractivity contribution in [1.29, 1.82) is 0 Å². The fraction of sp³-hybridized carbons (Fsp3) is 0.379. The van der Waals surface area contributed by atoms with Gasteiger partial charge in [-0.3, -0.25) is 14.5 Å². The Labute approximate surface area is 241 Å². The molecule has 1 aliphatic rings. The second kappa shape index (κ2) is 13.0. The van der Waals surface area contributed by atoms with Crippen LogP contribution in [0.4, 0.5) is 14.2 Å². The Kier molecular flexibility index (Phi) is 9.43. The van der Waals surface area contributed by atoms with Gasteiger partial charge >= 0.3 is 6.09 Å². The number of alkyl halides is 1. The summed E-state index contributed by atoms with van der Waals surface area (Å²) in [7, 11) is 3.05. The van der Waals surface area contributed by atoms with Gasteiger partial charge < -0.3 is 24.8 Å². The molecule has 0 aliphatic carbocycles. The van der Waals surface area contributed by atoms with Crippen LogP contribution in [0.2, 0.25) is 0 Å². The van der Waals surface area contributed by atoms with E-state index in [1.807, 2.05) is 30.3 Å². The lowest BCUT2D eigenvalue weighted by Crippen LogP contribution is -2.33. The topological polar surface area (TPSA) is 119 Å². The van der Waals surface area contributed by atoms with Crippen LogP contribution >= 0.6 is 11.3 Å². The Bertz CT molecular complexity index is 1390. The number of ether oxygens (including phenoxy) is 3. The number of aromatic nitrogens is 1. The predicted molar refractivity (Wildman–Crippen MR) is 152 cm³/mol. The highest BCUT2D eigenvalue weighted by molar-refractivity contribution is 7.16. The molecule has 10 nitrogen and oxygen atoms in total. The van der Waals surface area contributed by atoms with Crippen molar-refractivity contribution in [2.24, 2.45) is 0 Å². The van der Waals surface area contributed by atoms with Crippen LogP contribution in [0.15, 0.2) is 48.5 Å². The van der Waals surface area contributed by atoms with Crippen molar-refractivity contribution in [2.75, 3.05) is 26.1 Å². The first-order valence-corrected chi connectivity index (χ1v) is 13.9. The zero-order chi connectivity index (χ0) is 29.6. The van der Waals surface area contributed by atoms with E-state index in [4.69, 9.17) is 14.2 Å². The van der Waals surface area contributed by atoms with Gasteiger partial charge in [0.05, 0.1) is 20.3 Å². The highest BCUT2D eigenvalue weighted by atomic mass is 32.1. The second-order valence-electron chi connectivity index (χ2n) is 9.91. The summed E-state index contributed by atoms with van der Waals surface area (Å²) in [4.78, 5) is 44.9. The molecule has 3 amide bonds. The number of nitrogens with one attached hydrogen (secondary N) is 2. The van der Waals surface area contributed by atoms with Crippen molar-refractivity contribution >= 4 is 34.2 Å². The van der Waals surface area contributed by atoms with Gasteiger partial charge in [-0.05, 0) is 44.4 Å². The van der Waals surface area contributed by atoms with Gasteiger partial charge in [0.2, 0.25) is 0 Å². The zero-order valence-corrected chi connectivity index (χ0v) is 24.2. The average molecular weight is 585 g/mol. The van der Waals surface area contributed by atoms with E-state index < -0.39 is 29.6 Å². The number of hydrogen-bond acceptors (Lipinski definition) is 8. The number of carbonyl (C=O) groups excluding carboxylic acids is 3. The van der Waals surface area contributed by atoms with Crippen LogP contribution in [-0.4, -0.2) is 54.2 Å². The van der Waals surface area contributed by atoms with Crippen molar-refractivity contribution in [3.05, 3.63) is 70.4 Å². The second-order valence-corrected chi connectivity index (χ2v) is 10.9. The predicted octanol–water partition coefficient (Wildman–Crippen LogP) is 5.25. The molecule has 41 heavy (non-hydrogen) atoms. The van der Waals surface area contributed by atoms with E-state index in [1.54, 1.807) is 30.2 Å². The molecule has 2 aromatic carbocycles. The minimum atomic E-state index is -2.19. The maximum absolute atomic E-state index is 14.4. The standard InChI is InChI=1S/C29H33FN4O6S/c1-29(2,30)27(36)33-26-23(24(35)31-16-19-12-13-20(38-3)15-22(19)39-4)32-25(41-26)21-11-8-14-34(21)28(37)40-17-18-9-6-5-7-10-18/h5-7,9-10,12-13,15,21H,8,11,14,16-17H2,1-4H3,(H,31,35)(H,33,36)/t21-/m1/s1. The lowest BCUT2D eigenvalue weighted by atomic mass is 10.1. The smallest absolute Gasteiger partial charge is 0.410 e. The van der Waals surface area contributed by atoms with E-state index in [2.05, 4.69) is 15.6 Å². The lowest BCUT2D eigenvalue weighted by Gasteiger charge is -2.22. The molecule has 12 heteroatoms. The molecule has 0 saturated carbocycles. The SMILES string of the molecule is COc1ccc(CNC(=O)c2nc([C@H]3CCCN3C(=O)OCc3ccccc3)sc2NC(=O)C(C)(C)F)c(OC)c1. The number of rotatable bonds is 10. The number of nitrogens with zero attached hydrogens (tertiary/aromatic N) is 2. The number of amides is 3. The van der Waals surface area contributed by atoms with Gasteiger partial charge in [-0.2, -0.15) is 0 Å². The Morgan fingerprint density at radius 3 is 2.56 bits per heavy atom. The largest absolute Gasteiger partial charge is 0.497 e. The fourth-order valence-corrected chi connectivity index (χ4v) is 5.38. The number of methoxy groups -OCH3 is 2. The van der Waals surface area contributed by atoms with Crippen LogP contribution in [-0.2, 0) is 22.7 Å². The molecular formula is C29H33FN4O6S. The molecule has 1 saturated heterocycles. The highest BCUT2D eigenvalue weighted by Crippen LogP contribution is 2.38. The lowest BCUT2D eigenvalue weighted by molar-refractivity contribution is -0.125. The van der Waals surface area contributed by atoms with Gasteiger partial charge in [0, 0.05) is 24.7 Å². The normalized spacial score (nSPS) is 14.9. The van der Waals surface area contributed by atoms with Crippen molar-refractivity contribution in [2.45, 2.75) is 51.6 Å². The number of anilines is 1. The molecular weight excluding hydrogens is 551 g/mol. The Morgan fingerprint density at radius 1 is 1.12 bits per heavy atom. The van der Waals surface area contributed by atoms with Crippen molar-refractivity contribution in [3.63, 3.8) is 0 Å². The summed E-state index contributed by atoms with van der Waals surface area (Å²) in [5.41, 5.74) is -0.706. The first kappa shape index (κ1) is 29.8. The molecule has 3 aromatic rings. The molecule has 0 unspecified atom stereocenters. The number of halogens is 1. The van der Waals surface area contributed by atoms with Crippen LogP contribution < -0.4 is 20.1 Å². The number of hydrogen-bond donors (Lipinski definition) is 2. The maximum atomic E-state index is 14.4. The van der Waals surface area contributed by atoms with E-state index in [0.29, 0.717) is 41.5 Å². The van der Waals surface area contributed by atoms with Crippen LogP contribution in [0.25, 0.3) is 0 Å². The van der Waals surface area contributed by atoms with E-state index in [9.17, 15) is 18.8 Å². The quantitative estimate of drug-likeness (QED) is 0.334. The van der Waals surface area contributed by atoms with Gasteiger partial charge in [0.25, 0.3) is 11.8 Å². The molecule has 1 aliphatic heterocycles. The van der Waals surface area contributed by atoms with Crippen molar-refractivity contribution < 1.29 is 33.0 Å². The molecule has 1 fully saturated rings. The highest BCUT2D eigenvalue weighted by Gasteiger charge is 2.36. The minimum Gasteiger partial charge on any atom is -0.497 e. The summed E-state index contributed by atoms with van der Waals surface area (Å²) in [6.45, 7) is 2.93. The molecule has 2 heterocycles. The summed E-state index contributed by atoms with van der Waals surface area (Å²) in [6.07, 6.45) is 0.808. The fourth-order valence-electron chi connectivity index (χ4n) is 4.27. The Balaban J connectivity index is 1.54. The van der Waals surface area contributed by atoms with E-state index in [0.717, 1.165) is 30.7 Å². The van der Waals surface area contributed by atoms with Crippen molar-refractivity contribution in [1.82, 2.24) is 15.2 Å². The first-order valence-electron chi connectivity index (χ1n) is 13.1.